The number of hydrogen-bond donors (Lipinski definition) is 0. The zero-order chi connectivity index (χ0) is 11.5. The molecule has 0 amide bonds. The Morgan fingerprint density at radius 1 is 1.38 bits per heavy atom. The molecule has 16 heavy (non-hydrogen) atoms. The van der Waals surface area contributed by atoms with E-state index in [1.54, 1.807) is 0 Å². The number of anilines is 1. The number of fused-ring (bicyclic) bond motifs is 1. The lowest BCUT2D eigenvalue weighted by Gasteiger charge is -2.17. The van der Waals surface area contributed by atoms with Crippen LogP contribution in [0.2, 0.25) is 0 Å². The van der Waals surface area contributed by atoms with E-state index in [4.69, 9.17) is 4.52 Å². The number of hydrogen-bond acceptors (Lipinski definition) is 5. The van der Waals surface area contributed by atoms with Crippen molar-refractivity contribution in [3.05, 3.63) is 12.0 Å². The van der Waals surface area contributed by atoms with E-state index in [2.05, 4.69) is 26.9 Å². The normalized spacial score (nSPS) is 10.9. The molecule has 0 saturated heterocycles. The molecule has 0 fully saturated rings. The van der Waals surface area contributed by atoms with Crippen molar-refractivity contribution in [2.45, 2.75) is 26.7 Å². The third-order valence-corrected chi connectivity index (χ3v) is 2.63. The molecule has 0 aromatic carbocycles. The van der Waals surface area contributed by atoms with Gasteiger partial charge in [-0.05, 0) is 13.3 Å². The van der Waals surface area contributed by atoms with Crippen LogP contribution in [-0.2, 0) is 0 Å². The summed E-state index contributed by atoms with van der Waals surface area (Å²) < 4.78 is 5.12. The van der Waals surface area contributed by atoms with Crippen molar-refractivity contribution in [1.29, 1.82) is 0 Å². The Morgan fingerprint density at radius 3 is 2.94 bits per heavy atom. The zero-order valence-electron chi connectivity index (χ0n) is 9.90. The average molecular weight is 220 g/mol. The van der Waals surface area contributed by atoms with Crippen molar-refractivity contribution in [3.63, 3.8) is 0 Å². The molecule has 5 heteroatoms. The van der Waals surface area contributed by atoms with E-state index in [9.17, 15) is 0 Å². The first-order chi connectivity index (χ1) is 7.74. The first kappa shape index (κ1) is 10.9. The monoisotopic (exact) mass is 220 g/mol. The van der Waals surface area contributed by atoms with Gasteiger partial charge >= 0.3 is 0 Å². The molecule has 2 aromatic rings. The summed E-state index contributed by atoms with van der Waals surface area (Å²) in [7, 11) is 2.03. The van der Waals surface area contributed by atoms with Crippen LogP contribution in [0.3, 0.4) is 0 Å². The van der Waals surface area contributed by atoms with Crippen molar-refractivity contribution in [2.24, 2.45) is 0 Å². The van der Waals surface area contributed by atoms with Crippen LogP contribution in [0.1, 0.15) is 25.5 Å². The van der Waals surface area contributed by atoms with Gasteiger partial charge in [0.25, 0.3) is 5.71 Å². The largest absolute Gasteiger partial charge is 0.359 e. The number of aromatic nitrogens is 3. The molecule has 86 valence electrons. The Kier molecular flexibility index (Phi) is 3.03. The Hall–Kier alpha value is -1.65. The smallest absolute Gasteiger partial charge is 0.263 e. The average Bonchev–Trinajstić information content (AvgIpc) is 2.68. The topological polar surface area (TPSA) is 55.1 Å². The van der Waals surface area contributed by atoms with Crippen LogP contribution in [0.25, 0.3) is 11.1 Å². The molecule has 0 N–H and O–H groups in total. The maximum atomic E-state index is 5.12. The molecular weight excluding hydrogens is 204 g/mol. The van der Waals surface area contributed by atoms with E-state index in [-0.39, 0.29) is 0 Å². The Balaban J connectivity index is 2.39. The van der Waals surface area contributed by atoms with Gasteiger partial charge in [-0.3, -0.25) is 0 Å². The van der Waals surface area contributed by atoms with Crippen molar-refractivity contribution < 1.29 is 4.52 Å². The molecule has 0 aliphatic carbocycles. The van der Waals surface area contributed by atoms with Crippen molar-refractivity contribution in [3.8, 4) is 0 Å². The summed E-state index contributed by atoms with van der Waals surface area (Å²) >= 11 is 0. The predicted octanol–water partition coefficient (Wildman–Crippen LogP) is 2.16. The van der Waals surface area contributed by atoms with E-state index in [1.807, 2.05) is 14.0 Å². The predicted molar refractivity (Wildman–Crippen MR) is 62.5 cm³/mol. The fourth-order valence-corrected chi connectivity index (χ4v) is 1.69. The molecule has 0 unspecified atom stereocenters. The minimum absolute atomic E-state index is 0.561. The van der Waals surface area contributed by atoms with Gasteiger partial charge in [-0.15, -0.1) is 0 Å². The third kappa shape index (κ3) is 1.85. The quantitative estimate of drug-likeness (QED) is 0.790. The number of nitrogens with zero attached hydrogens (tertiary/aromatic N) is 4. The SMILES string of the molecule is CCCCN(C)c1ncnc2onc(C)c12. The second-order valence-corrected chi connectivity index (χ2v) is 3.92. The molecule has 2 rings (SSSR count). The third-order valence-electron chi connectivity index (χ3n) is 2.63. The van der Waals surface area contributed by atoms with Gasteiger partial charge in [0.15, 0.2) is 0 Å². The van der Waals surface area contributed by atoms with Crippen molar-refractivity contribution in [1.82, 2.24) is 15.1 Å². The summed E-state index contributed by atoms with van der Waals surface area (Å²) in [5.74, 6) is 0.900. The Morgan fingerprint density at radius 2 is 2.19 bits per heavy atom. The van der Waals surface area contributed by atoms with Gasteiger partial charge in [0.1, 0.15) is 17.5 Å². The summed E-state index contributed by atoms with van der Waals surface area (Å²) in [5.41, 5.74) is 1.40. The van der Waals surface area contributed by atoms with Gasteiger partial charge < -0.3 is 9.42 Å². The van der Waals surface area contributed by atoms with Crippen LogP contribution in [-0.4, -0.2) is 28.7 Å². The van der Waals surface area contributed by atoms with Gasteiger partial charge in [-0.1, -0.05) is 18.5 Å². The highest BCUT2D eigenvalue weighted by Gasteiger charge is 2.14. The highest BCUT2D eigenvalue weighted by molar-refractivity contribution is 5.87. The Labute approximate surface area is 94.5 Å². The van der Waals surface area contributed by atoms with Gasteiger partial charge in [0.2, 0.25) is 0 Å². The molecule has 0 bridgehead atoms. The molecule has 2 aromatic heterocycles. The first-order valence-corrected chi connectivity index (χ1v) is 5.52. The van der Waals surface area contributed by atoms with Gasteiger partial charge in [-0.25, -0.2) is 4.98 Å². The standard InChI is InChI=1S/C11H16N4O/c1-4-5-6-15(3)10-9-8(2)14-16-11(9)13-7-12-10/h7H,4-6H2,1-3H3. The summed E-state index contributed by atoms with van der Waals surface area (Å²) in [6.07, 6.45) is 3.83. The second kappa shape index (κ2) is 4.47. The minimum Gasteiger partial charge on any atom is -0.359 e. The van der Waals surface area contributed by atoms with E-state index >= 15 is 0 Å². The van der Waals surface area contributed by atoms with E-state index in [1.165, 1.54) is 12.7 Å². The highest BCUT2D eigenvalue weighted by Crippen LogP contribution is 2.24. The van der Waals surface area contributed by atoms with Crippen LogP contribution in [0.5, 0.6) is 0 Å². The Bertz CT molecular complexity index is 480. The first-order valence-electron chi connectivity index (χ1n) is 5.52. The minimum atomic E-state index is 0.561. The molecule has 0 radical (unpaired) electrons. The van der Waals surface area contributed by atoms with Gasteiger partial charge in [0.05, 0.1) is 5.69 Å². The zero-order valence-corrected chi connectivity index (χ0v) is 9.90. The molecule has 0 spiro atoms. The molecule has 0 atom stereocenters. The second-order valence-electron chi connectivity index (χ2n) is 3.92. The summed E-state index contributed by atoms with van der Waals surface area (Å²) in [6.45, 7) is 5.06. The molecule has 0 saturated carbocycles. The van der Waals surface area contributed by atoms with Gasteiger partial charge in [-0.2, -0.15) is 4.98 Å². The fourth-order valence-electron chi connectivity index (χ4n) is 1.69. The molecule has 0 aliphatic heterocycles. The van der Waals surface area contributed by atoms with E-state index in [0.717, 1.165) is 29.9 Å². The van der Waals surface area contributed by atoms with Crippen LogP contribution in [0, 0.1) is 6.92 Å². The lowest BCUT2D eigenvalue weighted by atomic mass is 10.2. The fraction of sp³-hybridized carbons (Fsp3) is 0.545. The van der Waals surface area contributed by atoms with Crippen LogP contribution >= 0.6 is 0 Å². The van der Waals surface area contributed by atoms with Crippen molar-refractivity contribution >= 4 is 16.9 Å². The number of rotatable bonds is 4. The lowest BCUT2D eigenvalue weighted by molar-refractivity contribution is 0.442. The highest BCUT2D eigenvalue weighted by atomic mass is 16.5. The molecule has 2 heterocycles. The molecule has 0 aliphatic rings. The lowest BCUT2D eigenvalue weighted by Crippen LogP contribution is -2.19. The summed E-state index contributed by atoms with van der Waals surface area (Å²) in [4.78, 5) is 10.5. The molecule has 5 nitrogen and oxygen atoms in total. The van der Waals surface area contributed by atoms with E-state index in [0.29, 0.717) is 5.71 Å². The maximum Gasteiger partial charge on any atom is 0.263 e. The van der Waals surface area contributed by atoms with Crippen LogP contribution < -0.4 is 4.90 Å². The maximum absolute atomic E-state index is 5.12. The molecular formula is C11H16N4O. The number of unbranched alkanes of at least 4 members (excludes halogenated alkanes) is 1. The van der Waals surface area contributed by atoms with Crippen LogP contribution in [0.15, 0.2) is 10.9 Å². The van der Waals surface area contributed by atoms with Gasteiger partial charge in [0, 0.05) is 13.6 Å². The van der Waals surface area contributed by atoms with E-state index < -0.39 is 0 Å². The van der Waals surface area contributed by atoms with Crippen molar-refractivity contribution in [2.75, 3.05) is 18.5 Å². The number of aryl methyl sites for hydroxylation is 1. The van der Waals surface area contributed by atoms with Crippen LogP contribution in [0.4, 0.5) is 5.82 Å². The summed E-state index contributed by atoms with van der Waals surface area (Å²) in [6, 6.07) is 0. The summed E-state index contributed by atoms with van der Waals surface area (Å²) in [5, 5.41) is 4.83.